The normalized spacial score (nSPS) is 14.4. The molecule has 1 saturated heterocycles. The average molecular weight is 417 g/mol. The minimum atomic E-state index is 0.458. The smallest absolute Gasteiger partial charge is 0.194 e. The molecule has 0 unspecified atom stereocenters. The quantitative estimate of drug-likeness (QED) is 0.492. The van der Waals surface area contributed by atoms with Gasteiger partial charge in [0.15, 0.2) is 5.96 Å². The Balaban J connectivity index is 1.28. The molecular formula is C24H28N6O. The highest BCUT2D eigenvalue weighted by Gasteiger charge is 2.20. The molecule has 2 aromatic heterocycles. The Morgan fingerprint density at radius 1 is 0.968 bits per heavy atom. The van der Waals surface area contributed by atoms with Crippen LogP contribution in [-0.2, 0) is 13.2 Å². The van der Waals surface area contributed by atoms with Crippen molar-refractivity contribution >= 4 is 11.8 Å². The first kappa shape index (κ1) is 20.7. The summed E-state index contributed by atoms with van der Waals surface area (Å²) in [4.78, 5) is 17.8. The zero-order chi connectivity index (χ0) is 21.3. The van der Waals surface area contributed by atoms with Gasteiger partial charge in [-0.25, -0.2) is 4.98 Å². The first-order chi connectivity index (χ1) is 15.3. The number of pyridine rings is 2. The van der Waals surface area contributed by atoms with Crippen molar-refractivity contribution in [3.05, 3.63) is 84.3 Å². The fourth-order valence-corrected chi connectivity index (χ4v) is 3.59. The molecule has 31 heavy (non-hydrogen) atoms. The predicted octanol–water partition coefficient (Wildman–Crippen LogP) is 2.95. The van der Waals surface area contributed by atoms with Crippen molar-refractivity contribution in [3.8, 4) is 5.75 Å². The van der Waals surface area contributed by atoms with Crippen molar-refractivity contribution in [2.45, 2.75) is 13.2 Å². The van der Waals surface area contributed by atoms with E-state index in [0.717, 1.165) is 55.0 Å². The van der Waals surface area contributed by atoms with Crippen LogP contribution in [0.15, 0.2) is 78.0 Å². The molecule has 4 rings (SSSR count). The van der Waals surface area contributed by atoms with Crippen molar-refractivity contribution in [3.63, 3.8) is 0 Å². The molecule has 1 aliphatic rings. The van der Waals surface area contributed by atoms with E-state index in [-0.39, 0.29) is 0 Å². The number of aromatic nitrogens is 2. The number of hydrogen-bond acceptors (Lipinski definition) is 5. The second-order valence-corrected chi connectivity index (χ2v) is 7.32. The van der Waals surface area contributed by atoms with Gasteiger partial charge < -0.3 is 19.9 Å². The predicted molar refractivity (Wildman–Crippen MR) is 123 cm³/mol. The van der Waals surface area contributed by atoms with E-state index in [2.05, 4.69) is 48.3 Å². The maximum Gasteiger partial charge on any atom is 0.194 e. The van der Waals surface area contributed by atoms with E-state index in [1.54, 1.807) is 6.20 Å². The van der Waals surface area contributed by atoms with Crippen LogP contribution in [0.5, 0.6) is 5.75 Å². The fourth-order valence-electron chi connectivity index (χ4n) is 3.59. The van der Waals surface area contributed by atoms with Crippen LogP contribution in [0.1, 0.15) is 11.3 Å². The van der Waals surface area contributed by atoms with E-state index >= 15 is 0 Å². The molecule has 0 aliphatic carbocycles. The molecule has 7 nitrogen and oxygen atoms in total. The molecular weight excluding hydrogens is 388 g/mol. The zero-order valence-electron chi connectivity index (χ0n) is 17.8. The minimum Gasteiger partial charge on any atom is -0.487 e. The Labute approximate surface area is 183 Å². The summed E-state index contributed by atoms with van der Waals surface area (Å²) in [6.07, 6.45) is 3.62. The molecule has 0 bridgehead atoms. The van der Waals surface area contributed by atoms with Gasteiger partial charge in [0.05, 0.1) is 5.69 Å². The Morgan fingerprint density at radius 2 is 1.77 bits per heavy atom. The molecule has 1 N–H and O–H groups in total. The van der Waals surface area contributed by atoms with Gasteiger partial charge in [0.25, 0.3) is 0 Å². The SMILES string of the molecule is CN=C(NCc1cccc(OCc2ccccn2)c1)N1CCN(c2ccccn2)CC1. The highest BCUT2D eigenvalue weighted by atomic mass is 16.5. The number of aliphatic imine (C=N–C) groups is 1. The van der Waals surface area contributed by atoms with Gasteiger partial charge in [-0.3, -0.25) is 9.98 Å². The minimum absolute atomic E-state index is 0.458. The van der Waals surface area contributed by atoms with Gasteiger partial charge in [-0.2, -0.15) is 0 Å². The molecule has 0 atom stereocenters. The van der Waals surface area contributed by atoms with Gasteiger partial charge in [-0.15, -0.1) is 0 Å². The molecule has 160 valence electrons. The van der Waals surface area contributed by atoms with Gasteiger partial charge in [-0.05, 0) is 42.0 Å². The lowest BCUT2D eigenvalue weighted by Crippen LogP contribution is -2.52. The van der Waals surface area contributed by atoms with E-state index < -0.39 is 0 Å². The van der Waals surface area contributed by atoms with Gasteiger partial charge in [0, 0.05) is 52.2 Å². The largest absolute Gasteiger partial charge is 0.487 e. The summed E-state index contributed by atoms with van der Waals surface area (Å²) >= 11 is 0. The van der Waals surface area contributed by atoms with Crippen molar-refractivity contribution in [2.75, 3.05) is 38.1 Å². The van der Waals surface area contributed by atoms with E-state index in [4.69, 9.17) is 4.74 Å². The lowest BCUT2D eigenvalue weighted by Gasteiger charge is -2.37. The van der Waals surface area contributed by atoms with Crippen LogP contribution in [0.25, 0.3) is 0 Å². The number of piperazine rings is 1. The maximum absolute atomic E-state index is 5.89. The topological polar surface area (TPSA) is 65.9 Å². The van der Waals surface area contributed by atoms with Crippen molar-refractivity contribution in [1.29, 1.82) is 0 Å². The second-order valence-electron chi connectivity index (χ2n) is 7.32. The van der Waals surface area contributed by atoms with Crippen molar-refractivity contribution in [2.24, 2.45) is 4.99 Å². The standard InChI is InChI=1S/C24H28N6O/c1-25-24(30-15-13-29(14-16-30)23-10-3-5-12-27-23)28-18-20-7-6-9-22(17-20)31-19-21-8-2-4-11-26-21/h2-12,17H,13-16,18-19H2,1H3,(H,25,28). The van der Waals surface area contributed by atoms with Crippen LogP contribution in [0.3, 0.4) is 0 Å². The molecule has 1 aromatic carbocycles. The third kappa shape index (κ3) is 5.72. The van der Waals surface area contributed by atoms with Crippen LogP contribution in [0, 0.1) is 0 Å². The summed E-state index contributed by atoms with van der Waals surface area (Å²) in [6.45, 7) is 4.81. The first-order valence-electron chi connectivity index (χ1n) is 10.5. The zero-order valence-corrected chi connectivity index (χ0v) is 17.8. The maximum atomic E-state index is 5.89. The van der Waals surface area contributed by atoms with Crippen LogP contribution in [0.4, 0.5) is 5.82 Å². The molecule has 3 aromatic rings. The van der Waals surface area contributed by atoms with Crippen LogP contribution in [0.2, 0.25) is 0 Å². The summed E-state index contributed by atoms with van der Waals surface area (Å²) in [7, 11) is 1.83. The number of benzene rings is 1. The molecule has 0 saturated carbocycles. The molecule has 3 heterocycles. The van der Waals surface area contributed by atoms with E-state index in [1.165, 1.54) is 0 Å². The number of nitrogens with zero attached hydrogens (tertiary/aromatic N) is 5. The van der Waals surface area contributed by atoms with E-state index in [1.807, 2.05) is 55.7 Å². The third-order valence-corrected chi connectivity index (χ3v) is 5.23. The number of ether oxygens (including phenoxy) is 1. The summed E-state index contributed by atoms with van der Waals surface area (Å²) in [6, 6.07) is 20.0. The molecule has 0 spiro atoms. The third-order valence-electron chi connectivity index (χ3n) is 5.23. The molecule has 1 fully saturated rings. The lowest BCUT2D eigenvalue weighted by atomic mass is 10.2. The lowest BCUT2D eigenvalue weighted by molar-refractivity contribution is 0.301. The Kier molecular flexibility index (Phi) is 6.95. The number of rotatable bonds is 6. The van der Waals surface area contributed by atoms with Crippen LogP contribution < -0.4 is 15.0 Å². The summed E-state index contributed by atoms with van der Waals surface area (Å²) in [5.41, 5.74) is 2.06. The summed E-state index contributed by atoms with van der Waals surface area (Å²) in [5, 5.41) is 3.48. The number of anilines is 1. The average Bonchev–Trinajstić information content (AvgIpc) is 2.85. The number of hydrogen-bond donors (Lipinski definition) is 1. The van der Waals surface area contributed by atoms with Crippen molar-refractivity contribution < 1.29 is 4.74 Å². The number of nitrogens with one attached hydrogen (secondary N) is 1. The summed E-state index contributed by atoms with van der Waals surface area (Å²) in [5.74, 6) is 2.79. The summed E-state index contributed by atoms with van der Waals surface area (Å²) < 4.78 is 5.89. The van der Waals surface area contributed by atoms with E-state index in [0.29, 0.717) is 13.2 Å². The Morgan fingerprint density at radius 3 is 2.48 bits per heavy atom. The molecule has 1 aliphatic heterocycles. The van der Waals surface area contributed by atoms with Crippen LogP contribution >= 0.6 is 0 Å². The second kappa shape index (κ2) is 10.4. The van der Waals surface area contributed by atoms with E-state index in [9.17, 15) is 0 Å². The van der Waals surface area contributed by atoms with Gasteiger partial charge in [0.1, 0.15) is 18.2 Å². The molecule has 7 heteroatoms. The monoisotopic (exact) mass is 416 g/mol. The first-order valence-corrected chi connectivity index (χ1v) is 10.5. The highest BCUT2D eigenvalue weighted by Crippen LogP contribution is 2.16. The van der Waals surface area contributed by atoms with Crippen LogP contribution in [-0.4, -0.2) is 54.1 Å². The molecule has 0 amide bonds. The van der Waals surface area contributed by atoms with Gasteiger partial charge in [0.2, 0.25) is 0 Å². The van der Waals surface area contributed by atoms with Gasteiger partial charge >= 0.3 is 0 Å². The Hall–Kier alpha value is -3.61. The molecule has 0 radical (unpaired) electrons. The Bertz CT molecular complexity index is 972. The number of guanidine groups is 1. The van der Waals surface area contributed by atoms with Crippen molar-refractivity contribution in [1.82, 2.24) is 20.2 Å². The fraction of sp³-hybridized carbons (Fsp3) is 0.292. The highest BCUT2D eigenvalue weighted by molar-refractivity contribution is 5.80. The van der Waals surface area contributed by atoms with Gasteiger partial charge in [-0.1, -0.05) is 24.3 Å².